The molecule has 0 spiro atoms. The van der Waals surface area contributed by atoms with Gasteiger partial charge in [-0.15, -0.1) is 11.3 Å². The zero-order valence-electron chi connectivity index (χ0n) is 14.7. The molecule has 0 aliphatic heterocycles. The molecule has 0 bridgehead atoms. The van der Waals surface area contributed by atoms with Crippen LogP contribution >= 0.6 is 34.5 Å². The van der Waals surface area contributed by atoms with Crippen LogP contribution < -0.4 is 4.90 Å². The van der Waals surface area contributed by atoms with Crippen molar-refractivity contribution in [2.75, 3.05) is 4.90 Å². The summed E-state index contributed by atoms with van der Waals surface area (Å²) in [6.45, 7) is 0. The van der Waals surface area contributed by atoms with Crippen LogP contribution in [0, 0.1) is 0 Å². The third-order valence-corrected chi connectivity index (χ3v) is 6.51. The van der Waals surface area contributed by atoms with E-state index in [1.165, 1.54) is 0 Å². The number of anilines is 1. The van der Waals surface area contributed by atoms with Gasteiger partial charge in [0.05, 0.1) is 16.3 Å². The van der Waals surface area contributed by atoms with Crippen LogP contribution in [-0.4, -0.2) is 11.9 Å². The third kappa shape index (κ3) is 3.91. The lowest BCUT2D eigenvalue weighted by Crippen LogP contribution is -2.38. The first kappa shape index (κ1) is 18.5. The average Bonchev–Trinajstić information content (AvgIpc) is 3.35. The van der Waals surface area contributed by atoms with Gasteiger partial charge in [0.25, 0.3) is 5.91 Å². The molecule has 1 aromatic heterocycles. The molecule has 0 radical (unpaired) electrons. The highest BCUT2D eigenvalue weighted by Crippen LogP contribution is 2.37. The average molecular weight is 416 g/mol. The van der Waals surface area contributed by atoms with Crippen LogP contribution in [0.1, 0.15) is 36.0 Å². The Morgan fingerprint density at radius 3 is 2.44 bits per heavy atom. The molecule has 0 N–H and O–H groups in total. The standard InChI is InChI=1S/C22H19Cl2NOS/c23-16-10-11-19(20(24)12-16)22(26)25(17-8-4-5-9-17)18-13-21(27-14-18)15-6-2-1-3-7-15/h1-3,6-7,10-14,17H,4-5,8-9H2. The molecule has 138 valence electrons. The van der Waals surface area contributed by atoms with Crippen LogP contribution in [0.25, 0.3) is 10.4 Å². The summed E-state index contributed by atoms with van der Waals surface area (Å²) in [7, 11) is 0. The number of benzene rings is 2. The Bertz CT molecular complexity index is 948. The molecule has 1 fully saturated rings. The smallest absolute Gasteiger partial charge is 0.260 e. The first-order valence-corrected chi connectivity index (χ1v) is 10.7. The van der Waals surface area contributed by atoms with E-state index in [0.29, 0.717) is 15.6 Å². The Morgan fingerprint density at radius 2 is 1.74 bits per heavy atom. The summed E-state index contributed by atoms with van der Waals surface area (Å²) < 4.78 is 0. The van der Waals surface area contributed by atoms with Gasteiger partial charge in [-0.05, 0) is 42.7 Å². The molecule has 3 aromatic rings. The molecule has 0 atom stereocenters. The predicted octanol–water partition coefficient (Wildman–Crippen LogP) is 7.31. The number of hydrogen-bond acceptors (Lipinski definition) is 2. The zero-order valence-corrected chi connectivity index (χ0v) is 17.0. The first-order valence-electron chi connectivity index (χ1n) is 9.06. The number of halogens is 2. The molecule has 4 rings (SSSR count). The van der Waals surface area contributed by atoms with Gasteiger partial charge in [0.1, 0.15) is 0 Å². The fourth-order valence-electron chi connectivity index (χ4n) is 3.66. The number of rotatable bonds is 4. The van der Waals surface area contributed by atoms with Gasteiger partial charge in [-0.2, -0.15) is 0 Å². The summed E-state index contributed by atoms with van der Waals surface area (Å²) in [5, 5.41) is 3.00. The number of thiophene rings is 1. The molecule has 2 nitrogen and oxygen atoms in total. The van der Waals surface area contributed by atoms with Crippen LogP contribution in [0.3, 0.4) is 0 Å². The quantitative estimate of drug-likeness (QED) is 0.437. The minimum absolute atomic E-state index is 0.0546. The van der Waals surface area contributed by atoms with Gasteiger partial charge >= 0.3 is 0 Å². The first-order chi connectivity index (χ1) is 13.1. The molecule has 1 aliphatic carbocycles. The van der Waals surface area contributed by atoms with E-state index in [9.17, 15) is 4.79 Å². The van der Waals surface area contributed by atoms with E-state index in [1.807, 2.05) is 23.1 Å². The summed E-state index contributed by atoms with van der Waals surface area (Å²) in [5.41, 5.74) is 2.61. The highest BCUT2D eigenvalue weighted by atomic mass is 35.5. The molecule has 0 saturated heterocycles. The van der Waals surface area contributed by atoms with Crippen LogP contribution in [0.2, 0.25) is 10.0 Å². The van der Waals surface area contributed by atoms with Crippen molar-refractivity contribution in [2.45, 2.75) is 31.7 Å². The Hall–Kier alpha value is -1.81. The van der Waals surface area contributed by atoms with Crippen molar-refractivity contribution >= 4 is 46.1 Å². The second kappa shape index (κ2) is 8.05. The molecule has 27 heavy (non-hydrogen) atoms. The number of hydrogen-bond donors (Lipinski definition) is 0. The lowest BCUT2D eigenvalue weighted by Gasteiger charge is -2.28. The molecule has 5 heteroatoms. The minimum Gasteiger partial charge on any atom is -0.304 e. The van der Waals surface area contributed by atoms with Gasteiger partial charge in [-0.3, -0.25) is 4.79 Å². The highest BCUT2D eigenvalue weighted by molar-refractivity contribution is 7.14. The van der Waals surface area contributed by atoms with Gasteiger partial charge in [0, 0.05) is 21.3 Å². The molecular weight excluding hydrogens is 397 g/mol. The second-order valence-electron chi connectivity index (χ2n) is 6.77. The summed E-state index contributed by atoms with van der Waals surface area (Å²) >= 11 is 14.0. The maximum atomic E-state index is 13.4. The number of carbonyl (C=O) groups excluding carboxylic acids is 1. The van der Waals surface area contributed by atoms with Crippen LogP contribution in [0.5, 0.6) is 0 Å². The number of amides is 1. The van der Waals surface area contributed by atoms with Crippen molar-refractivity contribution in [1.82, 2.24) is 0 Å². The Kier molecular flexibility index (Phi) is 5.53. The van der Waals surface area contributed by atoms with Crippen molar-refractivity contribution in [2.24, 2.45) is 0 Å². The topological polar surface area (TPSA) is 20.3 Å². The van der Waals surface area contributed by atoms with Gasteiger partial charge in [-0.1, -0.05) is 66.4 Å². The summed E-state index contributed by atoms with van der Waals surface area (Å²) in [6.07, 6.45) is 4.35. The second-order valence-corrected chi connectivity index (χ2v) is 8.53. The van der Waals surface area contributed by atoms with Crippen LogP contribution in [0.15, 0.2) is 60.0 Å². The van der Waals surface area contributed by atoms with Gasteiger partial charge in [0.2, 0.25) is 0 Å². The van der Waals surface area contributed by atoms with Crippen molar-refractivity contribution in [3.8, 4) is 10.4 Å². The van der Waals surface area contributed by atoms with E-state index in [-0.39, 0.29) is 11.9 Å². The van der Waals surface area contributed by atoms with Gasteiger partial charge in [0.15, 0.2) is 0 Å². The van der Waals surface area contributed by atoms with E-state index >= 15 is 0 Å². The highest BCUT2D eigenvalue weighted by Gasteiger charge is 2.30. The van der Waals surface area contributed by atoms with Crippen molar-refractivity contribution in [3.05, 3.63) is 75.6 Å². The van der Waals surface area contributed by atoms with Crippen molar-refractivity contribution in [3.63, 3.8) is 0 Å². The largest absolute Gasteiger partial charge is 0.304 e. The Balaban J connectivity index is 1.72. The minimum atomic E-state index is -0.0546. The fourth-order valence-corrected chi connectivity index (χ4v) is 5.03. The van der Waals surface area contributed by atoms with E-state index in [1.54, 1.807) is 29.5 Å². The predicted molar refractivity (Wildman–Crippen MR) is 115 cm³/mol. The lowest BCUT2D eigenvalue weighted by atomic mass is 10.1. The Labute approximate surface area is 173 Å². The maximum Gasteiger partial charge on any atom is 0.260 e. The molecule has 2 aromatic carbocycles. The molecule has 1 aliphatic rings. The Morgan fingerprint density at radius 1 is 1.00 bits per heavy atom. The van der Waals surface area contributed by atoms with Gasteiger partial charge in [-0.25, -0.2) is 0 Å². The SMILES string of the molecule is O=C(c1ccc(Cl)cc1Cl)N(c1csc(-c2ccccc2)c1)C1CCCC1. The number of nitrogens with zero attached hydrogens (tertiary/aromatic N) is 1. The zero-order chi connectivity index (χ0) is 18.8. The number of carbonyl (C=O) groups is 1. The monoisotopic (exact) mass is 415 g/mol. The lowest BCUT2D eigenvalue weighted by molar-refractivity contribution is 0.0977. The van der Waals surface area contributed by atoms with Crippen molar-refractivity contribution < 1.29 is 4.79 Å². The maximum absolute atomic E-state index is 13.4. The van der Waals surface area contributed by atoms with E-state index in [2.05, 4.69) is 23.6 Å². The van der Waals surface area contributed by atoms with Crippen LogP contribution in [0.4, 0.5) is 5.69 Å². The summed E-state index contributed by atoms with van der Waals surface area (Å²) in [4.78, 5) is 16.5. The molecule has 1 saturated carbocycles. The van der Waals surface area contributed by atoms with E-state index < -0.39 is 0 Å². The molecule has 1 heterocycles. The van der Waals surface area contributed by atoms with Crippen LogP contribution in [-0.2, 0) is 0 Å². The van der Waals surface area contributed by atoms with E-state index in [0.717, 1.165) is 41.8 Å². The molecule has 1 amide bonds. The summed E-state index contributed by atoms with van der Waals surface area (Å²) in [5.74, 6) is -0.0546. The third-order valence-electron chi connectivity index (χ3n) is 4.99. The molecular formula is C22H19Cl2NOS. The molecule has 0 unspecified atom stereocenters. The van der Waals surface area contributed by atoms with Gasteiger partial charge < -0.3 is 4.90 Å². The van der Waals surface area contributed by atoms with Crippen molar-refractivity contribution in [1.29, 1.82) is 0 Å². The fraction of sp³-hybridized carbons (Fsp3) is 0.227. The summed E-state index contributed by atoms with van der Waals surface area (Å²) in [6, 6.07) is 17.6. The van der Waals surface area contributed by atoms with E-state index in [4.69, 9.17) is 23.2 Å². The normalized spacial score (nSPS) is 14.4.